The molecule has 0 radical (unpaired) electrons. The van der Waals surface area contributed by atoms with Gasteiger partial charge in [-0.05, 0) is 40.2 Å². The lowest BCUT2D eigenvalue weighted by Crippen LogP contribution is -2.13. The summed E-state index contributed by atoms with van der Waals surface area (Å²) < 4.78 is 41.9. The van der Waals surface area contributed by atoms with E-state index in [1.54, 1.807) is 0 Å². The van der Waals surface area contributed by atoms with Crippen LogP contribution in [0.25, 0.3) is 0 Å². The molecule has 0 heterocycles. The smallest absolute Gasteiger partial charge is 0.387 e. The van der Waals surface area contributed by atoms with Gasteiger partial charge in [0.2, 0.25) is 0 Å². The second-order valence-electron chi connectivity index (χ2n) is 3.96. The van der Waals surface area contributed by atoms with Crippen molar-refractivity contribution in [3.8, 4) is 5.75 Å². The Balaban J connectivity index is 2.18. The van der Waals surface area contributed by atoms with E-state index >= 15 is 0 Å². The normalized spacial score (nSPS) is 10.5. The van der Waals surface area contributed by atoms with Crippen molar-refractivity contribution in [3.63, 3.8) is 0 Å². The third kappa shape index (κ3) is 3.98. The number of rotatable bonds is 4. The number of amides is 1. The Bertz CT molecular complexity index is 664. The second-order valence-corrected chi connectivity index (χ2v) is 4.75. The van der Waals surface area contributed by atoms with Gasteiger partial charge in [-0.2, -0.15) is 8.78 Å². The van der Waals surface area contributed by atoms with E-state index in [2.05, 4.69) is 26.0 Å². The zero-order valence-electron chi connectivity index (χ0n) is 10.4. The van der Waals surface area contributed by atoms with Gasteiger partial charge in [-0.1, -0.05) is 12.1 Å². The number of halogens is 4. The van der Waals surface area contributed by atoms with E-state index < -0.39 is 18.3 Å². The maximum Gasteiger partial charge on any atom is 0.387 e. The molecule has 0 fully saturated rings. The van der Waals surface area contributed by atoms with Crippen molar-refractivity contribution in [1.82, 2.24) is 0 Å². The predicted octanol–water partition coefficient (Wildman–Crippen LogP) is 4.44. The lowest BCUT2D eigenvalue weighted by molar-refractivity contribution is -0.0497. The summed E-state index contributed by atoms with van der Waals surface area (Å²) in [6, 6.07) is 9.57. The number of ether oxygens (including phenoxy) is 1. The minimum Gasteiger partial charge on any atom is -0.435 e. The summed E-state index contributed by atoms with van der Waals surface area (Å²) in [6.07, 6.45) is 0. The molecule has 0 aromatic heterocycles. The largest absolute Gasteiger partial charge is 0.435 e. The zero-order chi connectivity index (χ0) is 15.4. The van der Waals surface area contributed by atoms with Gasteiger partial charge in [0.1, 0.15) is 11.6 Å². The molecular weight excluding hydrogens is 351 g/mol. The molecule has 110 valence electrons. The molecule has 0 aliphatic rings. The Kier molecular flexibility index (Phi) is 4.85. The van der Waals surface area contributed by atoms with Gasteiger partial charge >= 0.3 is 6.61 Å². The topological polar surface area (TPSA) is 38.3 Å². The first-order valence-electron chi connectivity index (χ1n) is 5.77. The van der Waals surface area contributed by atoms with E-state index in [9.17, 15) is 18.0 Å². The number of carbonyl (C=O) groups excluding carboxylic acids is 1. The maximum absolute atomic E-state index is 13.4. The minimum absolute atomic E-state index is 0.0301. The molecule has 2 aromatic carbocycles. The number of hydrogen-bond acceptors (Lipinski definition) is 2. The molecule has 0 aliphatic carbocycles. The van der Waals surface area contributed by atoms with Crippen molar-refractivity contribution in [2.24, 2.45) is 0 Å². The van der Waals surface area contributed by atoms with Gasteiger partial charge in [0.15, 0.2) is 0 Å². The molecule has 0 spiro atoms. The highest BCUT2D eigenvalue weighted by atomic mass is 79.9. The Morgan fingerprint density at radius 3 is 2.62 bits per heavy atom. The molecule has 2 rings (SSSR count). The third-order valence-corrected chi connectivity index (χ3v) is 3.32. The Morgan fingerprint density at radius 2 is 1.90 bits per heavy atom. The molecule has 1 amide bonds. The lowest BCUT2D eigenvalue weighted by Gasteiger charge is -2.09. The highest BCUT2D eigenvalue weighted by Gasteiger charge is 2.13. The van der Waals surface area contributed by atoms with Crippen LogP contribution in [0.3, 0.4) is 0 Å². The van der Waals surface area contributed by atoms with E-state index in [0.717, 1.165) is 0 Å². The average Bonchev–Trinajstić information content (AvgIpc) is 2.41. The first-order valence-corrected chi connectivity index (χ1v) is 6.57. The molecular formula is C14H9BrF3NO2. The van der Waals surface area contributed by atoms with E-state index in [1.165, 1.54) is 42.5 Å². The molecule has 0 unspecified atom stereocenters. The Morgan fingerprint density at radius 1 is 1.19 bits per heavy atom. The van der Waals surface area contributed by atoms with Crippen molar-refractivity contribution >= 4 is 27.5 Å². The molecule has 0 saturated heterocycles. The molecule has 3 nitrogen and oxygen atoms in total. The number of carbonyl (C=O) groups is 1. The van der Waals surface area contributed by atoms with Crippen LogP contribution in [0, 0.1) is 5.82 Å². The summed E-state index contributed by atoms with van der Waals surface area (Å²) in [5, 5.41) is 2.48. The number of anilines is 1. The number of alkyl halides is 2. The van der Waals surface area contributed by atoms with Crippen LogP contribution in [-0.4, -0.2) is 12.5 Å². The average molecular weight is 360 g/mol. The quantitative estimate of drug-likeness (QED) is 0.876. The fraction of sp³-hybridized carbons (Fsp3) is 0.0714. The molecule has 0 atom stereocenters. The van der Waals surface area contributed by atoms with Gasteiger partial charge in [-0.15, -0.1) is 0 Å². The van der Waals surface area contributed by atoms with E-state index in [0.29, 0.717) is 0 Å². The van der Waals surface area contributed by atoms with Gasteiger partial charge in [-0.25, -0.2) is 4.39 Å². The fourth-order valence-electron chi connectivity index (χ4n) is 1.63. The van der Waals surface area contributed by atoms with Gasteiger partial charge in [0.05, 0.1) is 10.0 Å². The van der Waals surface area contributed by atoms with E-state index in [1.807, 2.05) is 0 Å². The predicted molar refractivity (Wildman–Crippen MR) is 75.1 cm³/mol. The summed E-state index contributed by atoms with van der Waals surface area (Å²) in [4.78, 5) is 12.0. The van der Waals surface area contributed by atoms with Crippen molar-refractivity contribution < 1.29 is 22.7 Å². The van der Waals surface area contributed by atoms with Crippen molar-refractivity contribution in [1.29, 1.82) is 0 Å². The van der Waals surface area contributed by atoms with Crippen LogP contribution < -0.4 is 10.1 Å². The maximum atomic E-state index is 13.4. The summed E-state index contributed by atoms with van der Waals surface area (Å²) in [5.74, 6) is -1.23. The van der Waals surface area contributed by atoms with E-state index in [-0.39, 0.29) is 21.5 Å². The lowest BCUT2D eigenvalue weighted by atomic mass is 10.2. The van der Waals surface area contributed by atoms with Crippen LogP contribution in [-0.2, 0) is 0 Å². The molecule has 2 aromatic rings. The van der Waals surface area contributed by atoms with Crippen LogP contribution in [0.1, 0.15) is 10.4 Å². The monoisotopic (exact) mass is 359 g/mol. The molecule has 0 saturated carbocycles. The number of nitrogens with one attached hydrogen (secondary N) is 1. The molecule has 21 heavy (non-hydrogen) atoms. The Hall–Kier alpha value is -2.02. The Labute approximate surface area is 126 Å². The van der Waals surface area contributed by atoms with Gasteiger partial charge in [0.25, 0.3) is 5.91 Å². The fourth-order valence-corrected chi connectivity index (χ4v) is 2.07. The van der Waals surface area contributed by atoms with E-state index in [4.69, 9.17) is 0 Å². The first-order chi connectivity index (χ1) is 9.97. The molecule has 0 aliphatic heterocycles. The highest BCUT2D eigenvalue weighted by Crippen LogP contribution is 2.23. The summed E-state index contributed by atoms with van der Waals surface area (Å²) in [5.41, 5.74) is 0.351. The zero-order valence-corrected chi connectivity index (χ0v) is 12.0. The van der Waals surface area contributed by atoms with Crippen LogP contribution in [0.15, 0.2) is 46.9 Å². The summed E-state index contributed by atoms with van der Waals surface area (Å²) in [6.45, 7) is -2.95. The van der Waals surface area contributed by atoms with Gasteiger partial charge in [0, 0.05) is 11.8 Å². The molecule has 1 N–H and O–H groups in total. The summed E-state index contributed by atoms with van der Waals surface area (Å²) in [7, 11) is 0. The van der Waals surface area contributed by atoms with Gasteiger partial charge in [-0.3, -0.25) is 4.79 Å². The van der Waals surface area contributed by atoms with Crippen LogP contribution >= 0.6 is 15.9 Å². The number of hydrogen-bond donors (Lipinski definition) is 1. The third-order valence-electron chi connectivity index (χ3n) is 2.51. The second kappa shape index (κ2) is 6.62. The molecule has 7 heteroatoms. The van der Waals surface area contributed by atoms with Crippen LogP contribution in [0.4, 0.5) is 18.9 Å². The standard InChI is InChI=1S/C14H9BrF3NO2/c15-12-10(5-2-6-11(12)16)13(20)19-8-3-1-4-9(7-8)21-14(17)18/h1-7,14H,(H,19,20). The van der Waals surface area contributed by atoms with Crippen LogP contribution in [0.5, 0.6) is 5.75 Å². The minimum atomic E-state index is -2.95. The molecule has 0 bridgehead atoms. The SMILES string of the molecule is O=C(Nc1cccc(OC(F)F)c1)c1cccc(F)c1Br. The van der Waals surface area contributed by atoms with Crippen molar-refractivity contribution in [2.45, 2.75) is 6.61 Å². The van der Waals surface area contributed by atoms with Crippen molar-refractivity contribution in [3.05, 3.63) is 58.3 Å². The number of benzene rings is 2. The first kappa shape index (κ1) is 15.4. The van der Waals surface area contributed by atoms with Crippen molar-refractivity contribution in [2.75, 3.05) is 5.32 Å². The summed E-state index contributed by atoms with van der Waals surface area (Å²) >= 11 is 2.98. The van der Waals surface area contributed by atoms with Gasteiger partial charge < -0.3 is 10.1 Å². The highest BCUT2D eigenvalue weighted by molar-refractivity contribution is 9.10. The van der Waals surface area contributed by atoms with Crippen LogP contribution in [0.2, 0.25) is 0 Å².